The number of halogens is 4. The summed E-state index contributed by atoms with van der Waals surface area (Å²) in [5.41, 5.74) is 0. The molecule has 0 saturated carbocycles. The zero-order valence-corrected chi connectivity index (χ0v) is 12.2. The third kappa shape index (κ3) is 6.23. The summed E-state index contributed by atoms with van der Waals surface area (Å²) in [7, 11) is 0. The quantitative estimate of drug-likeness (QED) is 0.602. The van der Waals surface area contributed by atoms with Gasteiger partial charge in [0.1, 0.15) is 12.4 Å². The van der Waals surface area contributed by atoms with Gasteiger partial charge in [-0.15, -0.1) is 11.8 Å². The van der Waals surface area contributed by atoms with Gasteiger partial charge in [0.15, 0.2) is 0 Å². The molecule has 0 bridgehead atoms. The molecule has 1 heterocycles. The average Bonchev–Trinajstić information content (AvgIpc) is 2.45. The van der Waals surface area contributed by atoms with Crippen LogP contribution in [0.15, 0.2) is 29.2 Å². The van der Waals surface area contributed by atoms with Crippen LogP contribution >= 0.6 is 11.8 Å². The first-order chi connectivity index (χ1) is 9.92. The Kier molecular flexibility index (Phi) is 5.89. The van der Waals surface area contributed by atoms with E-state index in [0.717, 1.165) is 23.9 Å². The zero-order valence-electron chi connectivity index (χ0n) is 11.4. The smallest absolute Gasteiger partial charge is 0.369 e. The first-order valence-corrected chi connectivity index (χ1v) is 7.70. The van der Waals surface area contributed by atoms with Gasteiger partial charge in [-0.1, -0.05) is 0 Å². The van der Waals surface area contributed by atoms with Crippen molar-refractivity contribution in [2.75, 3.05) is 25.6 Å². The summed E-state index contributed by atoms with van der Waals surface area (Å²) in [5.74, 6) is 0.486. The van der Waals surface area contributed by atoms with Crippen LogP contribution in [0.3, 0.4) is 0 Å². The van der Waals surface area contributed by atoms with Crippen molar-refractivity contribution in [1.82, 2.24) is 4.90 Å². The van der Waals surface area contributed by atoms with E-state index in [-0.39, 0.29) is 11.9 Å². The molecule has 0 N–H and O–H groups in total. The van der Waals surface area contributed by atoms with Gasteiger partial charge in [-0.3, -0.25) is 4.90 Å². The molecule has 1 aliphatic heterocycles. The fourth-order valence-electron chi connectivity index (χ4n) is 2.11. The van der Waals surface area contributed by atoms with Crippen LogP contribution in [0.2, 0.25) is 0 Å². The van der Waals surface area contributed by atoms with Crippen molar-refractivity contribution in [2.24, 2.45) is 0 Å². The summed E-state index contributed by atoms with van der Waals surface area (Å²) in [6.45, 7) is 0.273. The van der Waals surface area contributed by atoms with E-state index < -0.39 is 12.8 Å². The molecule has 118 valence electrons. The number of hydrogen-bond acceptors (Lipinski definition) is 3. The molecule has 2 rings (SSSR count). The van der Waals surface area contributed by atoms with Crippen molar-refractivity contribution in [3.63, 3.8) is 0 Å². The third-order valence-electron chi connectivity index (χ3n) is 3.24. The van der Waals surface area contributed by atoms with Gasteiger partial charge < -0.3 is 4.74 Å². The minimum absolute atomic E-state index is 0.262. The normalized spacial score (nSPS) is 18.1. The fraction of sp³-hybridized carbons (Fsp3) is 0.571. The number of piperidine rings is 1. The molecule has 21 heavy (non-hydrogen) atoms. The van der Waals surface area contributed by atoms with Crippen LogP contribution < -0.4 is 0 Å². The minimum Gasteiger partial charge on any atom is -0.369 e. The maximum atomic E-state index is 12.8. The average molecular weight is 323 g/mol. The number of ether oxygens (including phenoxy) is 1. The number of hydrogen-bond donors (Lipinski definition) is 0. The summed E-state index contributed by atoms with van der Waals surface area (Å²) < 4.78 is 53.8. The Balaban J connectivity index is 1.66. The Morgan fingerprint density at radius 1 is 1.14 bits per heavy atom. The highest BCUT2D eigenvalue weighted by Gasteiger charge is 2.30. The van der Waals surface area contributed by atoms with Crippen LogP contribution in [0.1, 0.15) is 12.8 Å². The Labute approximate surface area is 125 Å². The van der Waals surface area contributed by atoms with Gasteiger partial charge in [-0.2, -0.15) is 13.2 Å². The van der Waals surface area contributed by atoms with Crippen molar-refractivity contribution < 1.29 is 22.3 Å². The van der Waals surface area contributed by atoms with Gasteiger partial charge in [0.05, 0.1) is 6.10 Å². The Morgan fingerprint density at radius 3 is 2.33 bits per heavy atom. The van der Waals surface area contributed by atoms with Gasteiger partial charge in [0.25, 0.3) is 0 Å². The second kappa shape index (κ2) is 7.47. The van der Waals surface area contributed by atoms with Gasteiger partial charge in [0, 0.05) is 23.9 Å². The highest BCUT2D eigenvalue weighted by atomic mass is 32.2. The summed E-state index contributed by atoms with van der Waals surface area (Å²) >= 11 is 1.59. The van der Waals surface area contributed by atoms with E-state index in [4.69, 9.17) is 4.74 Å². The van der Waals surface area contributed by atoms with Crippen molar-refractivity contribution in [3.05, 3.63) is 30.1 Å². The van der Waals surface area contributed by atoms with Crippen molar-refractivity contribution in [3.8, 4) is 0 Å². The number of nitrogens with zero attached hydrogens (tertiary/aromatic N) is 1. The molecule has 1 aliphatic rings. The molecule has 1 fully saturated rings. The van der Waals surface area contributed by atoms with Crippen LogP contribution in [0.25, 0.3) is 0 Å². The topological polar surface area (TPSA) is 12.5 Å². The monoisotopic (exact) mass is 323 g/mol. The molecular weight excluding hydrogens is 306 g/mol. The van der Waals surface area contributed by atoms with E-state index in [1.54, 1.807) is 23.9 Å². The molecule has 0 unspecified atom stereocenters. The molecule has 2 nitrogen and oxygen atoms in total. The van der Waals surface area contributed by atoms with E-state index >= 15 is 0 Å². The molecule has 1 saturated heterocycles. The summed E-state index contributed by atoms with van der Waals surface area (Å²) in [6.07, 6.45) is -3.34. The molecule has 7 heteroatoms. The van der Waals surface area contributed by atoms with Crippen LogP contribution in [-0.2, 0) is 4.74 Å². The second-order valence-corrected chi connectivity index (χ2v) is 5.99. The number of alkyl halides is 3. The Morgan fingerprint density at radius 2 is 1.76 bits per heavy atom. The number of benzene rings is 1. The van der Waals surface area contributed by atoms with Gasteiger partial charge >= 0.3 is 6.18 Å². The lowest BCUT2D eigenvalue weighted by molar-refractivity contribution is -0.188. The maximum absolute atomic E-state index is 12.8. The molecule has 0 atom stereocenters. The predicted octanol–water partition coefficient (Wildman–Crippen LogP) is 3.92. The standard InChI is InChI=1S/C14H17F4NOS/c15-11-1-3-13(4-2-11)21-10-19-7-5-12(6-8-19)20-9-14(16,17)18/h1-4,12H,5-10H2. The molecule has 0 amide bonds. The lowest BCUT2D eigenvalue weighted by Gasteiger charge is -2.31. The number of thioether (sulfide) groups is 1. The molecule has 1 aromatic carbocycles. The van der Waals surface area contributed by atoms with E-state index in [9.17, 15) is 17.6 Å². The van der Waals surface area contributed by atoms with E-state index in [2.05, 4.69) is 4.90 Å². The molecule has 0 aliphatic carbocycles. The molecule has 0 aromatic heterocycles. The van der Waals surface area contributed by atoms with Gasteiger partial charge in [-0.25, -0.2) is 4.39 Å². The van der Waals surface area contributed by atoms with Gasteiger partial charge in [0.2, 0.25) is 0 Å². The molecular formula is C14H17F4NOS. The van der Waals surface area contributed by atoms with Crippen LogP contribution in [0.4, 0.5) is 17.6 Å². The fourth-order valence-corrected chi connectivity index (χ4v) is 3.03. The second-order valence-electron chi connectivity index (χ2n) is 4.97. The highest BCUT2D eigenvalue weighted by molar-refractivity contribution is 7.99. The first-order valence-electron chi connectivity index (χ1n) is 6.71. The highest BCUT2D eigenvalue weighted by Crippen LogP contribution is 2.23. The largest absolute Gasteiger partial charge is 0.411 e. The van der Waals surface area contributed by atoms with E-state index in [1.165, 1.54) is 12.1 Å². The molecule has 1 aromatic rings. The lowest BCUT2D eigenvalue weighted by Crippen LogP contribution is -2.38. The van der Waals surface area contributed by atoms with Crippen molar-refractivity contribution in [2.45, 2.75) is 30.0 Å². The van der Waals surface area contributed by atoms with E-state index in [0.29, 0.717) is 12.8 Å². The third-order valence-corrected chi connectivity index (χ3v) is 4.34. The lowest BCUT2D eigenvalue weighted by atomic mass is 10.1. The number of rotatable bonds is 5. The van der Waals surface area contributed by atoms with Gasteiger partial charge in [-0.05, 0) is 37.1 Å². The Bertz CT molecular complexity index is 430. The molecule has 0 radical (unpaired) electrons. The summed E-state index contributed by atoms with van der Waals surface area (Å²) in [6, 6.07) is 6.28. The number of likely N-dealkylation sites (tertiary alicyclic amines) is 1. The van der Waals surface area contributed by atoms with Crippen molar-refractivity contribution >= 4 is 11.8 Å². The SMILES string of the molecule is Fc1ccc(SCN2CCC(OCC(F)(F)F)CC2)cc1. The van der Waals surface area contributed by atoms with Crippen molar-refractivity contribution in [1.29, 1.82) is 0 Å². The zero-order chi connectivity index (χ0) is 15.3. The minimum atomic E-state index is -4.25. The first kappa shape index (κ1) is 16.6. The van der Waals surface area contributed by atoms with E-state index in [1.807, 2.05) is 0 Å². The summed E-state index contributed by atoms with van der Waals surface area (Å²) in [4.78, 5) is 3.15. The maximum Gasteiger partial charge on any atom is 0.411 e. The van der Waals surface area contributed by atoms with Crippen LogP contribution in [0.5, 0.6) is 0 Å². The molecule has 0 spiro atoms. The van der Waals surface area contributed by atoms with Crippen LogP contribution in [-0.4, -0.2) is 42.8 Å². The predicted molar refractivity (Wildman–Crippen MR) is 73.7 cm³/mol. The van der Waals surface area contributed by atoms with Crippen LogP contribution in [0, 0.1) is 5.82 Å². The Hall–Kier alpha value is -0.790. The summed E-state index contributed by atoms with van der Waals surface area (Å²) in [5, 5.41) is 0.